The fraction of sp³-hybridized carbons (Fsp3) is 0.636. The Morgan fingerprint density at radius 1 is 1.16 bits per heavy atom. The number of carbonyl (C=O) groups excluding carboxylic acids is 2. The van der Waals surface area contributed by atoms with Gasteiger partial charge in [0.25, 0.3) is 0 Å². The Labute approximate surface area is 151 Å². The second-order valence-electron chi connectivity index (χ2n) is 8.98. The molecule has 3 heteroatoms. The second kappa shape index (κ2) is 6.26. The minimum Gasteiger partial charge on any atom is -0.469 e. The normalized spacial score (nSPS) is 26.2. The minimum atomic E-state index is -0.404. The predicted octanol–water partition coefficient (Wildman–Crippen LogP) is 4.95. The number of benzene rings is 1. The van der Waals surface area contributed by atoms with E-state index in [1.807, 2.05) is 6.92 Å². The van der Waals surface area contributed by atoms with Crippen molar-refractivity contribution in [1.82, 2.24) is 0 Å². The summed E-state index contributed by atoms with van der Waals surface area (Å²) in [5, 5.41) is 0. The van der Waals surface area contributed by atoms with Gasteiger partial charge in [-0.1, -0.05) is 39.3 Å². The molecule has 25 heavy (non-hydrogen) atoms. The van der Waals surface area contributed by atoms with E-state index in [4.69, 9.17) is 4.74 Å². The number of Topliss-reactive ketones (excluding diaryl/α,β-unsaturated/α-hetero) is 1. The van der Waals surface area contributed by atoms with Gasteiger partial charge in [0, 0.05) is 12.0 Å². The molecule has 136 valence electrons. The molecule has 0 N–H and O–H groups in total. The van der Waals surface area contributed by atoms with E-state index < -0.39 is 5.92 Å². The number of rotatable bonds is 3. The molecule has 3 rings (SSSR count). The molecular weight excluding hydrogens is 312 g/mol. The van der Waals surface area contributed by atoms with Crippen LogP contribution in [0.15, 0.2) is 12.1 Å². The van der Waals surface area contributed by atoms with E-state index >= 15 is 0 Å². The largest absolute Gasteiger partial charge is 0.469 e. The Morgan fingerprint density at radius 2 is 1.88 bits per heavy atom. The van der Waals surface area contributed by atoms with E-state index in [0.29, 0.717) is 6.42 Å². The van der Waals surface area contributed by atoms with E-state index in [1.165, 1.54) is 25.5 Å². The fourth-order valence-electron chi connectivity index (χ4n) is 5.27. The molecule has 0 amide bonds. The van der Waals surface area contributed by atoms with Gasteiger partial charge in [-0.05, 0) is 60.1 Å². The lowest BCUT2D eigenvalue weighted by Crippen LogP contribution is -2.36. The van der Waals surface area contributed by atoms with Crippen molar-refractivity contribution >= 4 is 11.8 Å². The third kappa shape index (κ3) is 3.14. The highest BCUT2D eigenvalue weighted by atomic mass is 16.5. The quantitative estimate of drug-likeness (QED) is 0.730. The molecule has 0 saturated heterocycles. The Kier molecular flexibility index (Phi) is 4.55. The van der Waals surface area contributed by atoms with Crippen molar-refractivity contribution < 1.29 is 14.3 Å². The maximum Gasteiger partial charge on any atom is 0.312 e. The molecule has 3 nitrogen and oxygen atoms in total. The topological polar surface area (TPSA) is 43.4 Å². The van der Waals surface area contributed by atoms with Gasteiger partial charge < -0.3 is 4.74 Å². The second-order valence-corrected chi connectivity index (χ2v) is 8.98. The van der Waals surface area contributed by atoms with Crippen molar-refractivity contribution in [3.63, 3.8) is 0 Å². The number of ether oxygens (including phenoxy) is 1. The summed E-state index contributed by atoms with van der Waals surface area (Å²) in [6.45, 7) is 8.84. The van der Waals surface area contributed by atoms with Crippen LogP contribution in [0.4, 0.5) is 0 Å². The number of methoxy groups -OCH3 is 1. The molecule has 1 saturated carbocycles. The Hall–Kier alpha value is -1.64. The van der Waals surface area contributed by atoms with E-state index in [-0.39, 0.29) is 22.6 Å². The number of ketones is 1. The fourth-order valence-corrected chi connectivity index (χ4v) is 5.27. The number of hydrogen-bond donors (Lipinski definition) is 0. The first-order valence-electron chi connectivity index (χ1n) is 9.46. The van der Waals surface area contributed by atoms with Crippen LogP contribution >= 0.6 is 0 Å². The summed E-state index contributed by atoms with van der Waals surface area (Å²) in [5.74, 6) is -0.479. The van der Waals surface area contributed by atoms with Gasteiger partial charge in [-0.3, -0.25) is 9.59 Å². The molecule has 2 aliphatic carbocycles. The van der Waals surface area contributed by atoms with Crippen LogP contribution in [0.25, 0.3) is 0 Å². The third-order valence-electron chi connectivity index (χ3n) is 6.32. The van der Waals surface area contributed by atoms with Crippen LogP contribution in [0.3, 0.4) is 0 Å². The van der Waals surface area contributed by atoms with Crippen LogP contribution < -0.4 is 0 Å². The van der Waals surface area contributed by atoms with Crippen molar-refractivity contribution in [3.05, 3.63) is 34.4 Å². The first-order valence-corrected chi connectivity index (χ1v) is 9.46. The highest BCUT2D eigenvalue weighted by Crippen LogP contribution is 2.50. The van der Waals surface area contributed by atoms with Crippen molar-refractivity contribution in [2.45, 2.75) is 77.6 Å². The summed E-state index contributed by atoms with van der Waals surface area (Å²) in [6.07, 6.45) is 5.94. The Morgan fingerprint density at radius 3 is 2.52 bits per heavy atom. The molecule has 0 aromatic heterocycles. The number of carbonyl (C=O) groups is 2. The smallest absolute Gasteiger partial charge is 0.312 e. The molecule has 1 aromatic rings. The first kappa shape index (κ1) is 18.2. The molecular formula is C22H30O3. The zero-order chi connectivity index (χ0) is 18.4. The summed E-state index contributed by atoms with van der Waals surface area (Å²) in [5.41, 5.74) is 4.30. The molecule has 0 heterocycles. The molecule has 0 spiro atoms. The molecule has 0 unspecified atom stereocenters. The van der Waals surface area contributed by atoms with Gasteiger partial charge >= 0.3 is 5.97 Å². The average Bonchev–Trinajstić information content (AvgIpc) is 2.93. The summed E-state index contributed by atoms with van der Waals surface area (Å²) in [7, 11) is 1.43. The van der Waals surface area contributed by atoms with Crippen molar-refractivity contribution in [3.8, 4) is 0 Å². The molecule has 0 radical (unpaired) electrons. The zero-order valence-corrected chi connectivity index (χ0v) is 16.2. The Bertz CT molecular complexity index is 716. The van der Waals surface area contributed by atoms with Crippen LogP contribution in [0.5, 0.6) is 0 Å². The molecule has 1 aromatic carbocycles. The molecule has 1 fully saturated rings. The Balaban J connectivity index is 2.19. The SMILES string of the molecule is COC(=O)[C@H](C)c1c([C@@]2(C)CCCC(C)(C)C2)ccc2c1C(=O)CC2. The zero-order valence-electron chi connectivity index (χ0n) is 16.2. The van der Waals surface area contributed by atoms with Crippen LogP contribution in [0.2, 0.25) is 0 Å². The standard InChI is InChI=1S/C22H30O3/c1-14(20(24)25-5)18-16(9-7-15-8-10-17(23)19(15)18)22(4)12-6-11-21(2,3)13-22/h7,9,14H,6,8,10-13H2,1-5H3/t14-,22+/m1/s1. The summed E-state index contributed by atoms with van der Waals surface area (Å²) >= 11 is 0. The van der Waals surface area contributed by atoms with E-state index in [9.17, 15) is 9.59 Å². The van der Waals surface area contributed by atoms with E-state index in [1.54, 1.807) is 0 Å². The van der Waals surface area contributed by atoms with Crippen LogP contribution in [-0.4, -0.2) is 18.9 Å². The van der Waals surface area contributed by atoms with Crippen molar-refractivity contribution in [2.75, 3.05) is 7.11 Å². The first-order chi connectivity index (χ1) is 11.7. The summed E-state index contributed by atoms with van der Waals surface area (Å²) in [4.78, 5) is 25.0. The monoisotopic (exact) mass is 342 g/mol. The van der Waals surface area contributed by atoms with Crippen LogP contribution in [0.1, 0.15) is 92.8 Å². The number of aryl methyl sites for hydroxylation is 1. The third-order valence-corrected chi connectivity index (χ3v) is 6.32. The highest BCUT2D eigenvalue weighted by Gasteiger charge is 2.42. The maximum atomic E-state index is 12.6. The number of esters is 1. The maximum absolute atomic E-state index is 12.6. The van der Waals surface area contributed by atoms with Gasteiger partial charge in [-0.25, -0.2) is 0 Å². The summed E-state index contributed by atoms with van der Waals surface area (Å²) < 4.78 is 5.03. The number of hydrogen-bond acceptors (Lipinski definition) is 3. The van der Waals surface area contributed by atoms with Gasteiger partial charge in [0.2, 0.25) is 0 Å². The van der Waals surface area contributed by atoms with Crippen molar-refractivity contribution in [1.29, 1.82) is 0 Å². The van der Waals surface area contributed by atoms with E-state index in [2.05, 4.69) is 32.9 Å². The molecule has 2 atom stereocenters. The predicted molar refractivity (Wildman–Crippen MR) is 99.1 cm³/mol. The molecule has 0 bridgehead atoms. The lowest BCUT2D eigenvalue weighted by molar-refractivity contribution is -0.142. The lowest BCUT2D eigenvalue weighted by Gasteiger charge is -2.44. The minimum absolute atomic E-state index is 0.00271. The van der Waals surface area contributed by atoms with Crippen LogP contribution in [0, 0.1) is 5.41 Å². The van der Waals surface area contributed by atoms with Gasteiger partial charge in [0.05, 0.1) is 13.0 Å². The molecule has 2 aliphatic rings. The van der Waals surface area contributed by atoms with Crippen LogP contribution in [-0.2, 0) is 21.4 Å². The average molecular weight is 342 g/mol. The van der Waals surface area contributed by atoms with Gasteiger partial charge in [0.15, 0.2) is 5.78 Å². The van der Waals surface area contributed by atoms with E-state index in [0.717, 1.165) is 36.0 Å². The highest BCUT2D eigenvalue weighted by molar-refractivity contribution is 6.03. The van der Waals surface area contributed by atoms with Gasteiger partial charge in [0.1, 0.15) is 0 Å². The van der Waals surface area contributed by atoms with Crippen molar-refractivity contribution in [2.24, 2.45) is 5.41 Å². The van der Waals surface area contributed by atoms with Gasteiger partial charge in [-0.2, -0.15) is 0 Å². The molecule has 0 aliphatic heterocycles. The lowest BCUT2D eigenvalue weighted by atomic mass is 9.60. The summed E-state index contributed by atoms with van der Waals surface area (Å²) in [6, 6.07) is 4.31. The van der Waals surface area contributed by atoms with Gasteiger partial charge in [-0.15, -0.1) is 0 Å². The number of fused-ring (bicyclic) bond motifs is 1.